The zero-order chi connectivity index (χ0) is 65.3. The molecule has 0 spiro atoms. The number of rotatable bonds is 37. The lowest BCUT2D eigenvalue weighted by Crippen LogP contribution is -2.60. The van der Waals surface area contributed by atoms with Gasteiger partial charge in [0.05, 0.1) is 77.3 Å². The molecule has 0 amide bonds. The minimum Gasteiger partial charge on any atom is -0.465 e. The van der Waals surface area contributed by atoms with E-state index < -0.39 is 67.9 Å². The van der Waals surface area contributed by atoms with Gasteiger partial charge in [-0.3, -0.25) is 19.2 Å². The van der Waals surface area contributed by atoms with Crippen LogP contribution in [-0.2, 0) is 57.1 Å². The summed E-state index contributed by atoms with van der Waals surface area (Å²) in [7, 11) is 0. The van der Waals surface area contributed by atoms with Crippen LogP contribution in [-0.4, -0.2) is 176 Å². The van der Waals surface area contributed by atoms with Crippen molar-refractivity contribution >= 4 is 23.9 Å². The van der Waals surface area contributed by atoms with Gasteiger partial charge in [-0.1, -0.05) is 65.2 Å². The van der Waals surface area contributed by atoms with E-state index >= 15 is 0 Å². The molecule has 4 rings (SSSR count). The number of esters is 4. The molecule has 508 valence electrons. The maximum Gasteiger partial charge on any atom is 0.323 e. The van der Waals surface area contributed by atoms with Gasteiger partial charge in [0.2, 0.25) is 0 Å². The Labute approximate surface area is 526 Å². The number of carbonyl (C=O) groups is 4. The second-order valence-corrected chi connectivity index (χ2v) is 31.6. The highest BCUT2D eigenvalue weighted by molar-refractivity contribution is 6.00. The first-order chi connectivity index (χ1) is 40.3. The lowest BCUT2D eigenvalue weighted by Gasteiger charge is -2.51. The van der Waals surface area contributed by atoms with Crippen LogP contribution in [0.3, 0.4) is 0 Å². The van der Waals surface area contributed by atoms with E-state index in [1.807, 2.05) is 96.9 Å². The Hall–Kier alpha value is -2.56. The molecule has 0 aromatic heterocycles. The number of ether oxygens (including phenoxy) is 8. The number of hydrogen-bond donors (Lipinski definition) is 4. The predicted octanol–water partition coefficient (Wildman–Crippen LogP) is 13.0. The third-order valence-corrected chi connectivity index (χ3v) is 18.9. The van der Waals surface area contributed by atoms with Crippen LogP contribution >= 0.6 is 0 Å². The summed E-state index contributed by atoms with van der Waals surface area (Å²) in [5.41, 5.74) is -6.10. The highest BCUT2D eigenvalue weighted by Crippen LogP contribution is 2.42. The number of nitrogens with zero attached hydrogens (tertiary/aromatic N) is 3. The molecule has 87 heavy (non-hydrogen) atoms. The van der Waals surface area contributed by atoms with Crippen molar-refractivity contribution in [1.29, 1.82) is 0 Å². The number of nitrogens with one attached hydrogen (secondary N) is 1. The van der Waals surface area contributed by atoms with Gasteiger partial charge in [0.1, 0.15) is 0 Å². The van der Waals surface area contributed by atoms with E-state index in [2.05, 4.69) is 33.0 Å². The number of hydroxylamine groups is 6. The number of carbonyl (C=O) groups excluding carboxylic acids is 4. The first kappa shape index (κ1) is 76.9. The average Bonchev–Trinajstić information content (AvgIpc) is 0.986. The van der Waals surface area contributed by atoms with Crippen molar-refractivity contribution in [2.24, 2.45) is 10.8 Å². The summed E-state index contributed by atoms with van der Waals surface area (Å²) >= 11 is 0. The van der Waals surface area contributed by atoms with Crippen molar-refractivity contribution < 1.29 is 72.7 Å². The van der Waals surface area contributed by atoms with Gasteiger partial charge < -0.3 is 58.8 Å². The molecule has 0 bridgehead atoms. The molecule has 0 aliphatic carbocycles. The van der Waals surface area contributed by atoms with Crippen LogP contribution in [0.5, 0.6) is 0 Å². The molecule has 19 nitrogen and oxygen atoms in total. The first-order valence-corrected chi connectivity index (χ1v) is 33.7. The molecule has 0 aromatic carbocycles. The Kier molecular flexibility index (Phi) is 29.0. The fourth-order valence-corrected chi connectivity index (χ4v) is 15.1. The number of piperidine rings is 4. The molecule has 1 atom stereocenters. The lowest BCUT2D eigenvalue weighted by atomic mass is 9.76. The number of unbranched alkanes of at least 4 members (excludes halogenated alkanes) is 5. The molecule has 0 saturated carbocycles. The van der Waals surface area contributed by atoms with Gasteiger partial charge in [0, 0.05) is 70.0 Å². The van der Waals surface area contributed by atoms with E-state index in [0.29, 0.717) is 129 Å². The van der Waals surface area contributed by atoms with Crippen LogP contribution in [0.1, 0.15) is 279 Å². The van der Waals surface area contributed by atoms with Crippen LogP contribution in [0.15, 0.2) is 0 Å². The summed E-state index contributed by atoms with van der Waals surface area (Å²) in [6.45, 7) is 38.4. The van der Waals surface area contributed by atoms with Crippen LogP contribution in [0, 0.1) is 10.8 Å². The van der Waals surface area contributed by atoms with Gasteiger partial charge in [-0.05, 0) is 188 Å². The van der Waals surface area contributed by atoms with E-state index in [1.165, 1.54) is 15.2 Å². The summed E-state index contributed by atoms with van der Waals surface area (Å²) in [5, 5.41) is 40.4. The minimum atomic E-state index is -1.56. The quantitative estimate of drug-likeness (QED) is 0.0196. The van der Waals surface area contributed by atoms with E-state index in [-0.39, 0.29) is 87.6 Å². The van der Waals surface area contributed by atoms with Crippen LogP contribution < -0.4 is 5.32 Å². The summed E-state index contributed by atoms with van der Waals surface area (Å²) < 4.78 is 49.4. The third-order valence-electron chi connectivity index (χ3n) is 18.9. The molecule has 4 saturated heterocycles. The molecule has 4 heterocycles. The Bertz CT molecular complexity index is 2000. The SMILES string of the molecule is CCCCC(CCCCCCC(CCCC)(C(=O)OCCCOC1CC(C)(C)N(O)C(C)(C)C1)C(=O)OCCCOC1CC(C)(C)N(O)C(C)(C)C1)(C(=O)OCCCOC1CC(C)(C)NC(C)(C)C1)C(=O)OCCCOC1CC(C)(C)N(O)C(C)(C)C1. The monoisotopic (exact) mass is 1240 g/mol. The normalized spacial score (nSPS) is 23.2. The summed E-state index contributed by atoms with van der Waals surface area (Å²) in [5.74, 6) is -2.41. The van der Waals surface area contributed by atoms with Crippen LogP contribution in [0.4, 0.5) is 0 Å². The van der Waals surface area contributed by atoms with E-state index in [1.54, 1.807) is 0 Å². The Morgan fingerprint density at radius 2 is 0.563 bits per heavy atom. The van der Waals surface area contributed by atoms with Gasteiger partial charge in [-0.15, -0.1) is 0 Å². The fourth-order valence-electron chi connectivity index (χ4n) is 15.1. The van der Waals surface area contributed by atoms with Crippen molar-refractivity contribution in [2.75, 3.05) is 52.9 Å². The van der Waals surface area contributed by atoms with Crippen molar-refractivity contribution in [3.63, 3.8) is 0 Å². The van der Waals surface area contributed by atoms with E-state index in [9.17, 15) is 34.8 Å². The first-order valence-electron chi connectivity index (χ1n) is 33.7. The van der Waals surface area contributed by atoms with Crippen molar-refractivity contribution in [1.82, 2.24) is 20.5 Å². The van der Waals surface area contributed by atoms with Gasteiger partial charge in [-0.25, -0.2) is 0 Å². The fraction of sp³-hybridized carbons (Fsp3) is 0.941. The number of hydrogen-bond acceptors (Lipinski definition) is 19. The van der Waals surface area contributed by atoms with Crippen LogP contribution in [0.2, 0.25) is 0 Å². The second kappa shape index (κ2) is 32.8. The van der Waals surface area contributed by atoms with Crippen LogP contribution in [0.25, 0.3) is 0 Å². The van der Waals surface area contributed by atoms with Crippen molar-refractivity contribution in [3.8, 4) is 0 Å². The maximum absolute atomic E-state index is 14.6. The largest absolute Gasteiger partial charge is 0.465 e. The van der Waals surface area contributed by atoms with Gasteiger partial charge in [0.15, 0.2) is 10.8 Å². The highest BCUT2D eigenvalue weighted by Gasteiger charge is 2.52. The van der Waals surface area contributed by atoms with Crippen molar-refractivity contribution in [2.45, 2.75) is 347 Å². The summed E-state index contributed by atoms with van der Waals surface area (Å²) in [6, 6.07) is 0. The van der Waals surface area contributed by atoms with E-state index in [0.717, 1.165) is 25.7 Å². The summed E-state index contributed by atoms with van der Waals surface area (Å²) in [6.07, 6.45) is 12.9. The second-order valence-electron chi connectivity index (χ2n) is 31.6. The molecule has 19 heteroatoms. The van der Waals surface area contributed by atoms with E-state index in [4.69, 9.17) is 37.9 Å². The minimum absolute atomic E-state index is 0.0561. The Morgan fingerprint density at radius 1 is 0.345 bits per heavy atom. The maximum atomic E-state index is 14.6. The average molecular weight is 1240 g/mol. The Morgan fingerprint density at radius 3 is 0.793 bits per heavy atom. The zero-order valence-electron chi connectivity index (χ0n) is 58.0. The molecule has 1 unspecified atom stereocenters. The molecular formula is C68H126N4O15. The van der Waals surface area contributed by atoms with Gasteiger partial charge in [-0.2, -0.15) is 15.2 Å². The molecule has 4 fully saturated rings. The standard InChI is InChI=1S/C68H126N4O15/c1-19-21-31-67(55(73)84-39-27-35-80-51-43-59(3,4)69-60(5,6)44-51,56(74)85-40-28-36-81-52-45-61(7,8)70(77)62(9,10)46-52)33-25-23-24-26-34-68(32-22-20-2,57(75)86-41-29-37-82-53-47-63(11,12)71(78)64(13,14)48-53)58(76)87-42-30-38-83-54-49-65(15,16)72(79)66(17,18)50-54/h51-54,69,77-79H,19-50H2,1-18H3. The highest BCUT2D eigenvalue weighted by atomic mass is 16.6. The predicted molar refractivity (Wildman–Crippen MR) is 336 cm³/mol. The zero-order valence-corrected chi connectivity index (χ0v) is 58.0. The molecular weight excluding hydrogens is 1110 g/mol. The van der Waals surface area contributed by atoms with Crippen molar-refractivity contribution in [3.05, 3.63) is 0 Å². The smallest absolute Gasteiger partial charge is 0.323 e. The lowest BCUT2D eigenvalue weighted by molar-refractivity contribution is -0.261. The summed E-state index contributed by atoms with van der Waals surface area (Å²) in [4.78, 5) is 58.3. The Balaban J connectivity index is 1.46. The van der Waals surface area contributed by atoms with Gasteiger partial charge in [0.25, 0.3) is 0 Å². The molecule has 4 aliphatic heterocycles. The molecule has 4 N–H and O–H groups in total. The molecule has 4 aliphatic rings. The van der Waals surface area contributed by atoms with Gasteiger partial charge >= 0.3 is 23.9 Å². The molecule has 0 radical (unpaired) electrons. The topological polar surface area (TPSA) is 225 Å². The third kappa shape index (κ3) is 22.6. The molecule has 0 aromatic rings.